The molecule has 0 nitrogen and oxygen atoms in total. The second kappa shape index (κ2) is 11.2. The van der Waals surface area contributed by atoms with Crippen LogP contribution in [0.1, 0.15) is 73.6 Å². The van der Waals surface area contributed by atoms with Crippen molar-refractivity contribution >= 4 is 0 Å². The van der Waals surface area contributed by atoms with Gasteiger partial charge in [0.2, 0.25) is 0 Å². The molecule has 0 amide bonds. The molecule has 0 aliphatic carbocycles. The first kappa shape index (κ1) is 19.5. The first-order valence-electron chi connectivity index (χ1n) is 8.80. The fourth-order valence-corrected chi connectivity index (χ4v) is 3.50. The second-order valence-corrected chi connectivity index (χ2v) is 6.69. The molecule has 0 fully saturated rings. The summed E-state index contributed by atoms with van der Waals surface area (Å²) < 4.78 is 0. The van der Waals surface area contributed by atoms with E-state index in [2.05, 4.69) is 66.3 Å². The molecule has 0 aliphatic rings. The van der Waals surface area contributed by atoms with Crippen molar-refractivity contribution in [1.29, 1.82) is 0 Å². The Morgan fingerprint density at radius 2 is 1.55 bits per heavy atom. The lowest BCUT2D eigenvalue weighted by Crippen LogP contribution is -2.15. The SMILES string of the molecule is C=CC(C(C)C)C(C)CCC=CC(CC)C(CC)CC. The maximum absolute atomic E-state index is 4.00. The predicted molar refractivity (Wildman–Crippen MR) is 93.9 cm³/mol. The quantitative estimate of drug-likeness (QED) is 0.361. The van der Waals surface area contributed by atoms with Crippen LogP contribution in [0.25, 0.3) is 0 Å². The molecule has 0 heterocycles. The highest BCUT2D eigenvalue weighted by Gasteiger charge is 2.17. The fraction of sp³-hybridized carbons (Fsp3) is 0.800. The van der Waals surface area contributed by atoms with Gasteiger partial charge in [-0.25, -0.2) is 0 Å². The molecule has 0 aromatic carbocycles. The van der Waals surface area contributed by atoms with Crippen LogP contribution in [0.2, 0.25) is 0 Å². The van der Waals surface area contributed by atoms with E-state index < -0.39 is 0 Å². The number of allylic oxidation sites excluding steroid dienone is 3. The van der Waals surface area contributed by atoms with Crippen LogP contribution in [0.4, 0.5) is 0 Å². The van der Waals surface area contributed by atoms with Crippen molar-refractivity contribution < 1.29 is 0 Å². The molecule has 0 rings (SSSR count). The van der Waals surface area contributed by atoms with Crippen molar-refractivity contribution in [3.8, 4) is 0 Å². The van der Waals surface area contributed by atoms with Gasteiger partial charge in [0.15, 0.2) is 0 Å². The lowest BCUT2D eigenvalue weighted by atomic mass is 9.81. The molecule has 0 saturated carbocycles. The molecule has 0 radical (unpaired) electrons. The van der Waals surface area contributed by atoms with Gasteiger partial charge in [0, 0.05) is 0 Å². The average molecular weight is 279 g/mol. The van der Waals surface area contributed by atoms with Gasteiger partial charge in [0.05, 0.1) is 0 Å². The Morgan fingerprint density at radius 3 is 1.95 bits per heavy atom. The van der Waals surface area contributed by atoms with E-state index in [1.807, 2.05) is 0 Å². The molecular weight excluding hydrogens is 240 g/mol. The van der Waals surface area contributed by atoms with Gasteiger partial charge in [-0.15, -0.1) is 6.58 Å². The molecule has 0 N–H and O–H groups in total. The van der Waals surface area contributed by atoms with E-state index in [1.165, 1.54) is 32.1 Å². The summed E-state index contributed by atoms with van der Waals surface area (Å²) >= 11 is 0. The monoisotopic (exact) mass is 278 g/mol. The number of hydrogen-bond donors (Lipinski definition) is 0. The highest BCUT2D eigenvalue weighted by atomic mass is 14.2. The minimum atomic E-state index is 0.657. The van der Waals surface area contributed by atoms with Crippen LogP contribution in [0.15, 0.2) is 24.8 Å². The van der Waals surface area contributed by atoms with Crippen molar-refractivity contribution in [3.05, 3.63) is 24.8 Å². The summed E-state index contributed by atoms with van der Waals surface area (Å²) in [4.78, 5) is 0. The van der Waals surface area contributed by atoms with E-state index in [-0.39, 0.29) is 0 Å². The molecule has 0 saturated heterocycles. The predicted octanol–water partition coefficient (Wildman–Crippen LogP) is 6.88. The summed E-state index contributed by atoms with van der Waals surface area (Å²) in [6, 6.07) is 0. The topological polar surface area (TPSA) is 0 Å². The van der Waals surface area contributed by atoms with Gasteiger partial charge in [-0.1, -0.05) is 72.6 Å². The second-order valence-electron chi connectivity index (χ2n) is 6.69. The summed E-state index contributed by atoms with van der Waals surface area (Å²) in [5.41, 5.74) is 0. The zero-order chi connectivity index (χ0) is 15.5. The Labute approximate surface area is 128 Å². The van der Waals surface area contributed by atoms with Crippen LogP contribution >= 0.6 is 0 Å². The van der Waals surface area contributed by atoms with Gasteiger partial charge in [-0.2, -0.15) is 0 Å². The summed E-state index contributed by atoms with van der Waals surface area (Å²) in [5, 5.41) is 0. The molecule has 0 heteroatoms. The normalized spacial score (nSPS) is 16.8. The summed E-state index contributed by atoms with van der Waals surface area (Å²) in [5.74, 6) is 3.75. The molecule has 0 aromatic rings. The molecule has 3 atom stereocenters. The Morgan fingerprint density at radius 1 is 0.950 bits per heavy atom. The van der Waals surface area contributed by atoms with Crippen molar-refractivity contribution in [3.63, 3.8) is 0 Å². The maximum atomic E-state index is 4.00. The molecule has 20 heavy (non-hydrogen) atoms. The minimum absolute atomic E-state index is 0.657. The molecule has 0 aromatic heterocycles. The van der Waals surface area contributed by atoms with Gasteiger partial charge in [0.25, 0.3) is 0 Å². The third kappa shape index (κ3) is 6.77. The first-order valence-corrected chi connectivity index (χ1v) is 8.80. The Kier molecular flexibility index (Phi) is 10.9. The Hall–Kier alpha value is -0.520. The van der Waals surface area contributed by atoms with Crippen LogP contribution in [-0.2, 0) is 0 Å². The fourth-order valence-electron chi connectivity index (χ4n) is 3.50. The summed E-state index contributed by atoms with van der Waals surface area (Å²) in [6.07, 6.45) is 13.5. The smallest absolute Gasteiger partial charge is 0.0187 e. The van der Waals surface area contributed by atoms with Gasteiger partial charge in [0.1, 0.15) is 0 Å². The number of hydrogen-bond acceptors (Lipinski definition) is 0. The Balaban J connectivity index is 4.26. The standard InChI is InChI=1S/C20H38/c1-8-18(9-2)19(10-3)15-13-12-14-17(7)20(11-4)16(5)6/h11,13,15-20H,4,8-10,12,14H2,1-3,5-7H3. The first-order chi connectivity index (χ1) is 9.51. The van der Waals surface area contributed by atoms with E-state index in [4.69, 9.17) is 0 Å². The minimum Gasteiger partial charge on any atom is -0.103 e. The molecular formula is C20H38. The van der Waals surface area contributed by atoms with Gasteiger partial charge in [-0.05, 0) is 48.9 Å². The molecule has 0 bridgehead atoms. The summed E-state index contributed by atoms with van der Waals surface area (Å²) in [6.45, 7) is 18.0. The largest absolute Gasteiger partial charge is 0.103 e. The zero-order valence-corrected chi connectivity index (χ0v) is 14.9. The van der Waals surface area contributed by atoms with Gasteiger partial charge < -0.3 is 0 Å². The van der Waals surface area contributed by atoms with Crippen molar-refractivity contribution in [1.82, 2.24) is 0 Å². The van der Waals surface area contributed by atoms with Crippen LogP contribution in [0.3, 0.4) is 0 Å². The van der Waals surface area contributed by atoms with E-state index in [0.717, 1.165) is 17.8 Å². The summed E-state index contributed by atoms with van der Waals surface area (Å²) in [7, 11) is 0. The number of rotatable bonds is 11. The lowest BCUT2D eigenvalue weighted by Gasteiger charge is -2.24. The van der Waals surface area contributed by atoms with Crippen molar-refractivity contribution in [2.45, 2.75) is 73.6 Å². The zero-order valence-electron chi connectivity index (χ0n) is 14.9. The molecule has 3 unspecified atom stereocenters. The van der Waals surface area contributed by atoms with E-state index >= 15 is 0 Å². The van der Waals surface area contributed by atoms with Crippen molar-refractivity contribution in [2.24, 2.45) is 29.6 Å². The average Bonchev–Trinajstić information content (AvgIpc) is 2.42. The van der Waals surface area contributed by atoms with Crippen LogP contribution in [0, 0.1) is 29.6 Å². The van der Waals surface area contributed by atoms with E-state index in [0.29, 0.717) is 11.8 Å². The molecule has 118 valence electrons. The highest BCUT2D eigenvalue weighted by Crippen LogP contribution is 2.27. The molecule has 0 aliphatic heterocycles. The van der Waals surface area contributed by atoms with Crippen LogP contribution in [0.5, 0.6) is 0 Å². The third-order valence-corrected chi connectivity index (χ3v) is 5.00. The molecule has 0 spiro atoms. The van der Waals surface area contributed by atoms with Gasteiger partial charge in [-0.3, -0.25) is 0 Å². The van der Waals surface area contributed by atoms with Crippen LogP contribution in [-0.4, -0.2) is 0 Å². The third-order valence-electron chi connectivity index (χ3n) is 5.00. The van der Waals surface area contributed by atoms with E-state index in [1.54, 1.807) is 0 Å². The Bertz CT molecular complexity index is 257. The van der Waals surface area contributed by atoms with Crippen LogP contribution < -0.4 is 0 Å². The van der Waals surface area contributed by atoms with Crippen molar-refractivity contribution in [2.75, 3.05) is 0 Å². The van der Waals surface area contributed by atoms with E-state index in [9.17, 15) is 0 Å². The lowest BCUT2D eigenvalue weighted by molar-refractivity contribution is 0.318. The highest BCUT2D eigenvalue weighted by molar-refractivity contribution is 4.92. The maximum Gasteiger partial charge on any atom is -0.0187 e. The van der Waals surface area contributed by atoms with Gasteiger partial charge >= 0.3 is 0 Å².